The number of nitrogens with zero attached hydrogens (tertiary/aromatic N) is 2. The molecule has 0 radical (unpaired) electrons. The second kappa shape index (κ2) is 7.74. The van der Waals surface area contributed by atoms with E-state index in [4.69, 9.17) is 17.1 Å². The Kier molecular flexibility index (Phi) is 4.95. The van der Waals surface area contributed by atoms with E-state index in [1.807, 2.05) is 6.07 Å². The zero-order valence-electron chi connectivity index (χ0n) is 16.0. The monoisotopic (exact) mass is 410 g/mol. The Morgan fingerprint density at radius 3 is 2.62 bits per heavy atom. The molecule has 0 saturated carbocycles. The Morgan fingerprint density at radius 2 is 1.83 bits per heavy atom. The van der Waals surface area contributed by atoms with Gasteiger partial charge in [-0.3, -0.25) is 15.2 Å². The predicted molar refractivity (Wildman–Crippen MR) is 113 cm³/mol. The highest BCUT2D eigenvalue weighted by molar-refractivity contribution is 7.71. The molecular weight excluding hydrogens is 387 g/mol. The number of nitrogens with one attached hydrogen (secondary N) is 2. The van der Waals surface area contributed by atoms with Crippen LogP contribution >= 0.6 is 12.2 Å². The molecule has 0 amide bonds. The Morgan fingerprint density at radius 1 is 1.07 bits per heavy atom. The number of para-hydroxylation sites is 2. The zero-order valence-corrected chi connectivity index (χ0v) is 16.8. The number of benzene rings is 2. The van der Waals surface area contributed by atoms with Gasteiger partial charge in [0.25, 0.3) is 0 Å². The van der Waals surface area contributed by atoms with E-state index in [1.165, 1.54) is 17.6 Å². The average Bonchev–Trinajstić information content (AvgIpc) is 3.33. The van der Waals surface area contributed by atoms with Crippen LogP contribution in [0.3, 0.4) is 0 Å². The number of piperidine rings is 1. The molecule has 2 aliphatic rings. The largest absolute Gasteiger partial charge is 0.331 e. The lowest BCUT2D eigenvalue weighted by Crippen LogP contribution is -2.37. The molecule has 29 heavy (non-hydrogen) atoms. The van der Waals surface area contributed by atoms with Crippen LogP contribution < -0.4 is 5.48 Å². The lowest BCUT2D eigenvalue weighted by Gasteiger charge is -2.32. The van der Waals surface area contributed by atoms with Gasteiger partial charge in [0.15, 0.2) is 4.77 Å². The second-order valence-corrected chi connectivity index (χ2v) is 8.10. The highest BCUT2D eigenvalue weighted by Crippen LogP contribution is 2.29. The van der Waals surface area contributed by atoms with Crippen LogP contribution in [0.2, 0.25) is 0 Å². The van der Waals surface area contributed by atoms with Crippen molar-refractivity contribution in [1.29, 1.82) is 0 Å². The number of likely N-dealkylation sites (tertiary alicyclic amines) is 1. The van der Waals surface area contributed by atoms with Gasteiger partial charge in [0.05, 0.1) is 16.7 Å². The Balaban J connectivity index is 1.22. The lowest BCUT2D eigenvalue weighted by atomic mass is 10.0. The van der Waals surface area contributed by atoms with Crippen molar-refractivity contribution < 1.29 is 9.23 Å². The Hall–Kier alpha value is -2.48. The molecule has 5 rings (SSSR count). The van der Waals surface area contributed by atoms with E-state index in [1.54, 1.807) is 12.1 Å². The quantitative estimate of drug-likeness (QED) is 0.616. The summed E-state index contributed by atoms with van der Waals surface area (Å²) in [5.41, 5.74) is 7.33. The molecule has 1 saturated heterocycles. The molecule has 2 aromatic carbocycles. The van der Waals surface area contributed by atoms with Gasteiger partial charge in [-0.05, 0) is 61.0 Å². The molecule has 1 unspecified atom stereocenters. The van der Waals surface area contributed by atoms with Crippen molar-refractivity contribution in [2.45, 2.75) is 25.0 Å². The van der Waals surface area contributed by atoms with Gasteiger partial charge in [-0.2, -0.15) is 0 Å². The molecule has 3 heterocycles. The van der Waals surface area contributed by atoms with Gasteiger partial charge in [-0.15, -0.1) is 0 Å². The number of hydrogen-bond donors (Lipinski definition) is 2. The number of H-pyrrole nitrogens is 1. The smallest absolute Gasteiger partial charge is 0.178 e. The number of rotatable bonds is 4. The van der Waals surface area contributed by atoms with Gasteiger partial charge in [-0.25, -0.2) is 4.39 Å². The minimum Gasteiger partial charge on any atom is -0.331 e. The van der Waals surface area contributed by atoms with Gasteiger partial charge in [-0.1, -0.05) is 24.3 Å². The first-order valence-corrected chi connectivity index (χ1v) is 10.4. The first-order valence-electron chi connectivity index (χ1n) is 9.97. The van der Waals surface area contributed by atoms with Crippen LogP contribution in [-0.4, -0.2) is 34.1 Å². The standard InChI is InChI=1S/C22H23FN4OS/c23-16-7-5-15(6-8-16)21-13-17(25-28-21)14-26-11-9-18(10-12-26)27-20-4-2-1-3-19(20)24-22(27)29/h1-8,13,18,21,25H,9-12,14H2,(H,24,29). The molecule has 1 fully saturated rings. The van der Waals surface area contributed by atoms with Crippen molar-refractivity contribution in [3.05, 3.63) is 76.5 Å². The fourth-order valence-electron chi connectivity index (χ4n) is 4.30. The third-order valence-corrected chi connectivity index (χ3v) is 6.11. The summed E-state index contributed by atoms with van der Waals surface area (Å²) in [5.74, 6) is -0.234. The third kappa shape index (κ3) is 3.73. The predicted octanol–water partition coefficient (Wildman–Crippen LogP) is 4.63. The highest BCUT2D eigenvalue weighted by atomic mass is 32.1. The SMILES string of the molecule is Fc1ccc(C2C=C(CN3CCC(n4c(=S)[nH]c5ccccc54)CC3)NO2)cc1. The normalized spacial score (nSPS) is 20.7. The first-order chi connectivity index (χ1) is 14.2. The summed E-state index contributed by atoms with van der Waals surface area (Å²) in [6, 6.07) is 15.2. The summed E-state index contributed by atoms with van der Waals surface area (Å²) in [5, 5.41) is 0. The number of fused-ring (bicyclic) bond motifs is 1. The van der Waals surface area contributed by atoms with Crippen LogP contribution in [0, 0.1) is 10.6 Å². The molecule has 0 bridgehead atoms. The van der Waals surface area contributed by atoms with Gasteiger partial charge in [0, 0.05) is 25.7 Å². The Bertz CT molecular complexity index is 1100. The average molecular weight is 411 g/mol. The van der Waals surface area contributed by atoms with E-state index < -0.39 is 0 Å². The van der Waals surface area contributed by atoms with Gasteiger partial charge in [0.2, 0.25) is 0 Å². The van der Waals surface area contributed by atoms with Crippen LogP contribution in [0.25, 0.3) is 11.0 Å². The van der Waals surface area contributed by atoms with Crippen molar-refractivity contribution in [2.75, 3.05) is 19.6 Å². The van der Waals surface area contributed by atoms with Crippen LogP contribution in [0.4, 0.5) is 4.39 Å². The summed E-state index contributed by atoms with van der Waals surface area (Å²) < 4.78 is 16.2. The minimum atomic E-state index is -0.234. The topological polar surface area (TPSA) is 45.2 Å². The maximum Gasteiger partial charge on any atom is 0.178 e. The van der Waals surface area contributed by atoms with Crippen molar-refractivity contribution in [3.8, 4) is 0 Å². The van der Waals surface area contributed by atoms with E-state index in [-0.39, 0.29) is 11.9 Å². The van der Waals surface area contributed by atoms with E-state index in [0.29, 0.717) is 6.04 Å². The molecule has 0 aliphatic carbocycles. The molecule has 7 heteroatoms. The first kappa shape index (κ1) is 18.5. The van der Waals surface area contributed by atoms with Crippen molar-refractivity contribution >= 4 is 23.3 Å². The minimum absolute atomic E-state index is 0.173. The van der Waals surface area contributed by atoms with Gasteiger partial charge in [0.1, 0.15) is 11.9 Å². The molecular formula is C22H23FN4OS. The van der Waals surface area contributed by atoms with E-state index in [0.717, 1.165) is 54.0 Å². The summed E-state index contributed by atoms with van der Waals surface area (Å²) in [6.45, 7) is 2.84. The number of imidazole rings is 1. The van der Waals surface area contributed by atoms with Crippen molar-refractivity contribution in [1.82, 2.24) is 19.9 Å². The van der Waals surface area contributed by atoms with Crippen molar-refractivity contribution in [2.24, 2.45) is 0 Å². The van der Waals surface area contributed by atoms with E-state index in [2.05, 4.69) is 44.2 Å². The van der Waals surface area contributed by atoms with Crippen LogP contribution in [-0.2, 0) is 4.84 Å². The van der Waals surface area contributed by atoms with E-state index >= 15 is 0 Å². The van der Waals surface area contributed by atoms with E-state index in [9.17, 15) is 4.39 Å². The molecule has 2 aliphatic heterocycles. The van der Waals surface area contributed by atoms with Gasteiger partial charge >= 0.3 is 0 Å². The number of halogens is 1. The summed E-state index contributed by atoms with van der Waals surface area (Å²) in [7, 11) is 0. The Labute approximate surface area is 173 Å². The fraction of sp³-hybridized carbons (Fsp3) is 0.318. The maximum absolute atomic E-state index is 13.1. The molecule has 2 N–H and O–H groups in total. The fourth-order valence-corrected chi connectivity index (χ4v) is 4.66. The summed E-state index contributed by atoms with van der Waals surface area (Å²) in [6.07, 6.45) is 4.03. The molecule has 1 aromatic heterocycles. The zero-order chi connectivity index (χ0) is 19.8. The molecule has 3 aromatic rings. The lowest BCUT2D eigenvalue weighted by molar-refractivity contribution is 0.0380. The molecule has 0 spiro atoms. The second-order valence-electron chi connectivity index (χ2n) is 7.71. The number of hydrogen-bond acceptors (Lipinski definition) is 4. The molecule has 1 atom stereocenters. The third-order valence-electron chi connectivity index (χ3n) is 5.81. The number of aromatic amines is 1. The van der Waals surface area contributed by atoms with Crippen molar-refractivity contribution in [3.63, 3.8) is 0 Å². The van der Waals surface area contributed by atoms with Crippen LogP contribution in [0.5, 0.6) is 0 Å². The van der Waals surface area contributed by atoms with Gasteiger partial charge < -0.3 is 9.55 Å². The molecule has 5 nitrogen and oxygen atoms in total. The molecule has 150 valence electrons. The van der Waals surface area contributed by atoms with Crippen LogP contribution in [0.15, 0.2) is 60.3 Å². The maximum atomic E-state index is 13.1. The summed E-state index contributed by atoms with van der Waals surface area (Å²) in [4.78, 5) is 11.4. The van der Waals surface area contributed by atoms with Crippen LogP contribution in [0.1, 0.15) is 30.6 Å². The number of aromatic nitrogens is 2. The highest BCUT2D eigenvalue weighted by Gasteiger charge is 2.25. The summed E-state index contributed by atoms with van der Waals surface area (Å²) >= 11 is 5.58. The number of hydroxylamine groups is 1.